The third kappa shape index (κ3) is 3.79. The van der Waals surface area contributed by atoms with Crippen molar-refractivity contribution in [3.63, 3.8) is 0 Å². The van der Waals surface area contributed by atoms with E-state index >= 15 is 0 Å². The number of likely N-dealkylation sites (tertiary alicyclic amines) is 1. The zero-order chi connectivity index (χ0) is 22.1. The summed E-state index contributed by atoms with van der Waals surface area (Å²) in [6.45, 7) is 7.03. The summed E-state index contributed by atoms with van der Waals surface area (Å²) in [5.74, 6) is 2.11. The lowest BCUT2D eigenvalue weighted by molar-refractivity contribution is -0.132. The van der Waals surface area contributed by atoms with Crippen LogP contribution in [0, 0.1) is 23.7 Å². The van der Waals surface area contributed by atoms with Gasteiger partial charge in [-0.25, -0.2) is 0 Å². The lowest BCUT2D eigenvalue weighted by Crippen LogP contribution is -2.65. The number of hydrogen-bond acceptors (Lipinski definition) is 3. The molecule has 6 rings (SSSR count). The van der Waals surface area contributed by atoms with Crippen LogP contribution in [-0.4, -0.2) is 35.1 Å². The van der Waals surface area contributed by atoms with Crippen molar-refractivity contribution < 1.29 is 4.79 Å². The van der Waals surface area contributed by atoms with Gasteiger partial charge < -0.3 is 5.32 Å². The van der Waals surface area contributed by atoms with Crippen LogP contribution in [0.3, 0.4) is 0 Å². The molecule has 0 radical (unpaired) electrons. The fourth-order valence-corrected chi connectivity index (χ4v) is 6.39. The van der Waals surface area contributed by atoms with Crippen molar-refractivity contribution >= 4 is 12.1 Å². The highest BCUT2D eigenvalue weighted by Gasteiger charge is 2.67. The van der Waals surface area contributed by atoms with Gasteiger partial charge in [0.05, 0.1) is 0 Å². The first kappa shape index (κ1) is 21.4. The van der Waals surface area contributed by atoms with Gasteiger partial charge >= 0.3 is 0 Å². The average molecular weight is 430 g/mol. The number of rotatable bonds is 8. The van der Waals surface area contributed by atoms with Crippen LogP contribution in [0.15, 0.2) is 65.7 Å². The highest BCUT2D eigenvalue weighted by molar-refractivity contribution is 5.92. The zero-order valence-electron chi connectivity index (χ0n) is 19.3. The van der Waals surface area contributed by atoms with Crippen LogP contribution in [0.4, 0.5) is 0 Å². The Balaban J connectivity index is 1.43. The Morgan fingerprint density at radius 1 is 1.09 bits per heavy atom. The van der Waals surface area contributed by atoms with Crippen molar-refractivity contribution in [3.05, 3.63) is 71.8 Å². The van der Waals surface area contributed by atoms with E-state index in [9.17, 15) is 4.79 Å². The minimum Gasteiger partial charge on any atom is -0.350 e. The topological polar surface area (TPSA) is 44.7 Å². The van der Waals surface area contributed by atoms with Gasteiger partial charge in [0.2, 0.25) is 5.91 Å². The maximum Gasteiger partial charge on any atom is 0.250 e. The van der Waals surface area contributed by atoms with Crippen LogP contribution in [0.25, 0.3) is 0 Å². The molecule has 4 nitrogen and oxygen atoms in total. The normalized spacial score (nSPS) is 30.7. The second-order valence-electron chi connectivity index (χ2n) is 10.4. The molecule has 2 aromatic carbocycles. The lowest BCUT2D eigenvalue weighted by Gasteiger charge is -2.51. The molecule has 5 atom stereocenters. The highest BCUT2D eigenvalue weighted by atomic mass is 16.2. The molecule has 2 fully saturated rings. The minimum absolute atomic E-state index is 0.121. The summed E-state index contributed by atoms with van der Waals surface area (Å²) in [4.78, 5) is 21.5. The van der Waals surface area contributed by atoms with Crippen molar-refractivity contribution in [3.8, 4) is 0 Å². The van der Waals surface area contributed by atoms with E-state index in [0.29, 0.717) is 30.2 Å². The number of nitrogens with zero attached hydrogens (tertiary/aromatic N) is 2. The van der Waals surface area contributed by atoms with Crippen LogP contribution in [-0.2, 0) is 17.9 Å². The van der Waals surface area contributed by atoms with E-state index in [1.54, 1.807) is 0 Å². The summed E-state index contributed by atoms with van der Waals surface area (Å²) in [5, 5.41) is 3.28. The molecule has 1 aliphatic carbocycles. The predicted octanol–water partition coefficient (Wildman–Crippen LogP) is 4.70. The van der Waals surface area contributed by atoms with Gasteiger partial charge in [-0.3, -0.25) is 14.7 Å². The van der Waals surface area contributed by atoms with Crippen molar-refractivity contribution in [2.24, 2.45) is 28.7 Å². The number of hydrogen-bond donors (Lipinski definition) is 1. The van der Waals surface area contributed by atoms with E-state index in [4.69, 9.17) is 4.99 Å². The van der Waals surface area contributed by atoms with Gasteiger partial charge in [-0.05, 0) is 41.7 Å². The summed E-state index contributed by atoms with van der Waals surface area (Å²) >= 11 is 0. The first-order valence-electron chi connectivity index (χ1n) is 12.2. The Kier molecular flexibility index (Phi) is 5.90. The fourth-order valence-electron chi connectivity index (χ4n) is 6.39. The molecule has 1 saturated carbocycles. The summed E-state index contributed by atoms with van der Waals surface area (Å²) in [7, 11) is 0. The van der Waals surface area contributed by atoms with Crippen molar-refractivity contribution in [1.29, 1.82) is 0 Å². The Bertz CT molecular complexity index is 957. The Morgan fingerprint density at radius 2 is 1.78 bits per heavy atom. The number of nitrogens with one attached hydrogen (secondary N) is 1. The monoisotopic (exact) mass is 429 g/mol. The first-order valence-corrected chi connectivity index (χ1v) is 12.2. The van der Waals surface area contributed by atoms with Crippen molar-refractivity contribution in [1.82, 2.24) is 10.2 Å². The minimum atomic E-state index is -0.639. The maximum absolute atomic E-state index is 13.8. The van der Waals surface area contributed by atoms with Crippen molar-refractivity contribution in [2.45, 2.75) is 57.8 Å². The molecule has 0 aromatic heterocycles. The van der Waals surface area contributed by atoms with Gasteiger partial charge in [-0.2, -0.15) is 0 Å². The molecular weight excluding hydrogens is 394 g/mol. The number of benzene rings is 2. The van der Waals surface area contributed by atoms with Crippen LogP contribution in [0.1, 0.15) is 44.2 Å². The van der Waals surface area contributed by atoms with E-state index in [0.717, 1.165) is 25.1 Å². The van der Waals surface area contributed by atoms with Gasteiger partial charge in [0, 0.05) is 37.8 Å². The van der Waals surface area contributed by atoms with Gasteiger partial charge in [-0.1, -0.05) is 80.9 Å². The van der Waals surface area contributed by atoms with Gasteiger partial charge in [0.25, 0.3) is 0 Å². The zero-order valence-corrected chi connectivity index (χ0v) is 19.3. The summed E-state index contributed by atoms with van der Waals surface area (Å²) in [6.07, 6.45) is 5.61. The van der Waals surface area contributed by atoms with Gasteiger partial charge in [0.1, 0.15) is 0 Å². The Hall–Kier alpha value is -2.46. The van der Waals surface area contributed by atoms with E-state index in [1.807, 2.05) is 18.2 Å². The molecule has 0 unspecified atom stereocenters. The SMILES string of the molecule is CC(C)CC[C@@H]1[C@@H]2C=N[C@@]3(C(=O)NCc4ccccc4)[C@@H](C2)CN(Cc2ccccc2)[C@@H]13. The number of aliphatic imine (C=N–C) groups is 1. The number of carbonyl (C=O) groups excluding carboxylic acids is 1. The molecule has 168 valence electrons. The molecule has 3 aliphatic heterocycles. The summed E-state index contributed by atoms with van der Waals surface area (Å²) in [6, 6.07) is 21.1. The quantitative estimate of drug-likeness (QED) is 0.661. The molecule has 4 bridgehead atoms. The molecule has 4 aliphatic rings. The molecule has 32 heavy (non-hydrogen) atoms. The maximum atomic E-state index is 13.8. The molecule has 1 N–H and O–H groups in total. The van der Waals surface area contributed by atoms with E-state index in [2.05, 4.69) is 72.7 Å². The second kappa shape index (κ2) is 8.82. The summed E-state index contributed by atoms with van der Waals surface area (Å²) in [5.41, 5.74) is 1.82. The van der Waals surface area contributed by atoms with Crippen molar-refractivity contribution in [2.75, 3.05) is 6.54 Å². The molecule has 0 spiro atoms. The van der Waals surface area contributed by atoms with Gasteiger partial charge in [0.15, 0.2) is 5.54 Å². The van der Waals surface area contributed by atoms with E-state index in [-0.39, 0.29) is 11.9 Å². The Labute approximate surface area is 192 Å². The van der Waals surface area contributed by atoms with Crippen LogP contribution >= 0.6 is 0 Å². The van der Waals surface area contributed by atoms with Crippen LogP contribution in [0.2, 0.25) is 0 Å². The fraction of sp³-hybridized carbons (Fsp3) is 0.500. The third-order valence-corrected chi connectivity index (χ3v) is 7.88. The standard InChI is InChI=1S/C28H35N3O/c1-20(2)13-14-25-23-15-24-19-31(18-22-11-7-4-8-12-22)26(25)28(24,30-17-23)27(32)29-16-21-9-5-3-6-10-21/h3-12,17,20,23-26H,13-16,18-19H2,1-2H3,(H,29,32)/t23-,24-,25+,26-,28-/m0/s1. The molecule has 1 amide bonds. The summed E-state index contributed by atoms with van der Waals surface area (Å²) < 4.78 is 0. The molecular formula is C28H35N3O. The largest absolute Gasteiger partial charge is 0.350 e. The lowest BCUT2D eigenvalue weighted by atomic mass is 9.60. The highest BCUT2D eigenvalue weighted by Crippen LogP contribution is 2.55. The second-order valence-corrected chi connectivity index (χ2v) is 10.4. The third-order valence-electron chi connectivity index (χ3n) is 7.88. The predicted molar refractivity (Wildman–Crippen MR) is 129 cm³/mol. The van der Waals surface area contributed by atoms with Crippen LogP contribution < -0.4 is 5.32 Å². The van der Waals surface area contributed by atoms with E-state index < -0.39 is 5.54 Å². The van der Waals surface area contributed by atoms with Crippen LogP contribution in [0.5, 0.6) is 0 Å². The smallest absolute Gasteiger partial charge is 0.250 e. The number of carbonyl (C=O) groups is 1. The molecule has 3 heterocycles. The molecule has 4 heteroatoms. The first-order chi connectivity index (χ1) is 15.6. The van der Waals surface area contributed by atoms with E-state index in [1.165, 1.54) is 18.4 Å². The number of amides is 1. The molecule has 1 saturated heterocycles. The molecule has 2 aromatic rings. The Morgan fingerprint density at radius 3 is 2.47 bits per heavy atom. The average Bonchev–Trinajstić information content (AvgIpc) is 3.06. The van der Waals surface area contributed by atoms with Gasteiger partial charge in [-0.15, -0.1) is 0 Å².